The van der Waals surface area contributed by atoms with Gasteiger partial charge in [-0.25, -0.2) is 4.98 Å². The van der Waals surface area contributed by atoms with Crippen LogP contribution >= 0.6 is 22.9 Å². The number of thiophene rings is 1. The van der Waals surface area contributed by atoms with Crippen LogP contribution in [0.25, 0.3) is 0 Å². The van der Waals surface area contributed by atoms with Gasteiger partial charge in [0.05, 0.1) is 10.7 Å². The monoisotopic (exact) mass is 269 g/mol. The van der Waals surface area contributed by atoms with Crippen LogP contribution < -0.4 is 5.32 Å². The fourth-order valence-electron chi connectivity index (χ4n) is 1.67. The Kier molecular flexibility index (Phi) is 4.59. The zero-order chi connectivity index (χ0) is 12.1. The van der Waals surface area contributed by atoms with E-state index in [9.17, 15) is 0 Å². The third-order valence-corrected chi connectivity index (χ3v) is 3.80. The van der Waals surface area contributed by atoms with E-state index >= 15 is 0 Å². The molecule has 0 saturated carbocycles. The van der Waals surface area contributed by atoms with E-state index in [4.69, 9.17) is 11.6 Å². The molecule has 2 heterocycles. The van der Waals surface area contributed by atoms with E-state index in [0.29, 0.717) is 6.04 Å². The molecule has 0 aliphatic heterocycles. The van der Waals surface area contributed by atoms with E-state index in [0.717, 1.165) is 23.8 Å². The Bertz CT molecular complexity index is 438. The molecule has 0 amide bonds. The second-order valence-electron chi connectivity index (χ2n) is 4.01. The van der Waals surface area contributed by atoms with Crippen LogP contribution in [0, 0.1) is 0 Å². The van der Waals surface area contributed by atoms with Crippen molar-refractivity contribution in [2.75, 3.05) is 6.54 Å². The minimum Gasteiger partial charge on any atom is -0.337 e. The fourth-order valence-corrected chi connectivity index (χ4v) is 2.65. The Morgan fingerprint density at radius 2 is 2.47 bits per heavy atom. The van der Waals surface area contributed by atoms with Gasteiger partial charge >= 0.3 is 0 Å². The van der Waals surface area contributed by atoms with Crippen LogP contribution in [-0.2, 0) is 6.54 Å². The van der Waals surface area contributed by atoms with Gasteiger partial charge in [0.15, 0.2) is 0 Å². The fraction of sp³-hybridized carbons (Fsp3) is 0.417. The Morgan fingerprint density at radius 3 is 3.12 bits per heavy atom. The molecule has 0 aliphatic carbocycles. The molecule has 0 radical (unpaired) electrons. The van der Waals surface area contributed by atoms with Crippen molar-refractivity contribution in [2.45, 2.75) is 25.9 Å². The van der Waals surface area contributed by atoms with Crippen molar-refractivity contribution in [3.63, 3.8) is 0 Å². The molecule has 5 heteroatoms. The molecule has 0 fully saturated rings. The van der Waals surface area contributed by atoms with Gasteiger partial charge in [0.25, 0.3) is 0 Å². The minimum absolute atomic E-state index is 0.363. The molecule has 0 bridgehead atoms. The third-order valence-electron chi connectivity index (χ3n) is 2.69. The van der Waals surface area contributed by atoms with E-state index in [1.807, 2.05) is 24.8 Å². The van der Waals surface area contributed by atoms with Crippen LogP contribution in [0.15, 0.2) is 30.2 Å². The van der Waals surface area contributed by atoms with Gasteiger partial charge in [-0.3, -0.25) is 0 Å². The number of aryl methyl sites for hydroxylation is 1. The molecule has 2 aromatic rings. The topological polar surface area (TPSA) is 29.9 Å². The van der Waals surface area contributed by atoms with Crippen LogP contribution in [0.2, 0.25) is 4.34 Å². The van der Waals surface area contributed by atoms with Gasteiger partial charge in [-0.2, -0.15) is 0 Å². The normalized spacial score (nSPS) is 12.8. The molecule has 1 N–H and O–H groups in total. The lowest BCUT2D eigenvalue weighted by molar-refractivity contribution is 0.527. The molecule has 0 saturated heterocycles. The van der Waals surface area contributed by atoms with Crippen molar-refractivity contribution in [1.82, 2.24) is 14.9 Å². The molecule has 92 valence electrons. The Morgan fingerprint density at radius 1 is 1.59 bits per heavy atom. The zero-order valence-corrected chi connectivity index (χ0v) is 11.3. The van der Waals surface area contributed by atoms with Crippen molar-refractivity contribution >= 4 is 22.9 Å². The van der Waals surface area contributed by atoms with Gasteiger partial charge in [0, 0.05) is 25.0 Å². The second-order valence-corrected chi connectivity index (χ2v) is 5.56. The molecular weight excluding hydrogens is 254 g/mol. The van der Waals surface area contributed by atoms with Crippen LogP contribution in [0.1, 0.15) is 24.9 Å². The summed E-state index contributed by atoms with van der Waals surface area (Å²) in [6, 6.07) is 2.39. The third kappa shape index (κ3) is 3.84. The number of aromatic nitrogens is 2. The molecule has 0 spiro atoms. The number of halogens is 1. The average Bonchev–Trinajstić information content (AvgIpc) is 2.95. The summed E-state index contributed by atoms with van der Waals surface area (Å²) in [5.74, 6) is 0. The van der Waals surface area contributed by atoms with Gasteiger partial charge in [-0.15, -0.1) is 11.3 Å². The van der Waals surface area contributed by atoms with Crippen molar-refractivity contribution in [2.24, 2.45) is 0 Å². The van der Waals surface area contributed by atoms with Gasteiger partial charge in [0.2, 0.25) is 0 Å². The van der Waals surface area contributed by atoms with Crippen LogP contribution in [0.4, 0.5) is 0 Å². The number of nitrogens with one attached hydrogen (secondary N) is 1. The Labute approximate surface area is 110 Å². The summed E-state index contributed by atoms with van der Waals surface area (Å²) in [6.07, 6.45) is 6.74. The maximum Gasteiger partial charge on any atom is 0.0945 e. The lowest BCUT2D eigenvalue weighted by Gasteiger charge is -2.12. The number of hydrogen-bond acceptors (Lipinski definition) is 3. The first-order valence-corrected chi connectivity index (χ1v) is 6.94. The molecule has 2 rings (SSSR count). The van der Waals surface area contributed by atoms with Crippen molar-refractivity contribution in [3.8, 4) is 0 Å². The van der Waals surface area contributed by atoms with E-state index < -0.39 is 0 Å². The lowest BCUT2D eigenvalue weighted by atomic mass is 10.2. The quantitative estimate of drug-likeness (QED) is 0.815. The molecule has 0 aromatic carbocycles. The van der Waals surface area contributed by atoms with Gasteiger partial charge < -0.3 is 9.88 Å². The van der Waals surface area contributed by atoms with E-state index in [-0.39, 0.29) is 0 Å². The number of rotatable bonds is 6. The van der Waals surface area contributed by atoms with Crippen molar-refractivity contribution in [3.05, 3.63) is 40.1 Å². The molecule has 17 heavy (non-hydrogen) atoms. The zero-order valence-electron chi connectivity index (χ0n) is 9.77. The summed E-state index contributed by atoms with van der Waals surface area (Å²) in [5, 5.41) is 5.60. The van der Waals surface area contributed by atoms with E-state index in [1.54, 1.807) is 11.3 Å². The average molecular weight is 270 g/mol. The maximum absolute atomic E-state index is 5.91. The number of hydrogen-bond donors (Lipinski definition) is 1. The van der Waals surface area contributed by atoms with Gasteiger partial charge in [0.1, 0.15) is 0 Å². The summed E-state index contributed by atoms with van der Waals surface area (Å²) in [4.78, 5) is 4.02. The Hall–Kier alpha value is -0.840. The second kappa shape index (κ2) is 6.19. The van der Waals surface area contributed by atoms with Gasteiger partial charge in [-0.1, -0.05) is 11.6 Å². The van der Waals surface area contributed by atoms with E-state index in [2.05, 4.69) is 27.2 Å². The van der Waals surface area contributed by atoms with Gasteiger partial charge in [-0.05, 0) is 36.9 Å². The van der Waals surface area contributed by atoms with Crippen LogP contribution in [0.5, 0.6) is 0 Å². The lowest BCUT2D eigenvalue weighted by Crippen LogP contribution is -2.20. The summed E-state index contributed by atoms with van der Waals surface area (Å²) >= 11 is 7.50. The SMILES string of the molecule is CC(NCCCn1ccnc1)c1csc(Cl)c1. The highest BCUT2D eigenvalue weighted by Gasteiger charge is 2.06. The minimum atomic E-state index is 0.363. The van der Waals surface area contributed by atoms with E-state index in [1.165, 1.54) is 5.56 Å². The molecule has 1 atom stereocenters. The Balaban J connectivity index is 1.68. The molecular formula is C12H16ClN3S. The largest absolute Gasteiger partial charge is 0.337 e. The molecule has 3 nitrogen and oxygen atoms in total. The van der Waals surface area contributed by atoms with Crippen LogP contribution in [0.3, 0.4) is 0 Å². The summed E-state index contributed by atoms with van der Waals surface area (Å²) < 4.78 is 2.94. The highest BCUT2D eigenvalue weighted by molar-refractivity contribution is 7.14. The molecule has 1 unspecified atom stereocenters. The highest BCUT2D eigenvalue weighted by atomic mass is 35.5. The predicted molar refractivity (Wildman–Crippen MR) is 72.6 cm³/mol. The molecule has 0 aliphatic rings. The highest BCUT2D eigenvalue weighted by Crippen LogP contribution is 2.24. The summed E-state index contributed by atoms with van der Waals surface area (Å²) in [7, 11) is 0. The first-order chi connectivity index (χ1) is 8.25. The first-order valence-electron chi connectivity index (χ1n) is 5.69. The maximum atomic E-state index is 5.91. The molecule has 2 aromatic heterocycles. The smallest absolute Gasteiger partial charge is 0.0945 e. The summed E-state index contributed by atoms with van der Waals surface area (Å²) in [5.41, 5.74) is 1.27. The first kappa shape index (κ1) is 12.6. The van der Waals surface area contributed by atoms with Crippen LogP contribution in [-0.4, -0.2) is 16.1 Å². The number of nitrogens with zero attached hydrogens (tertiary/aromatic N) is 2. The van der Waals surface area contributed by atoms with Crippen molar-refractivity contribution < 1.29 is 0 Å². The predicted octanol–water partition coefficient (Wildman–Crippen LogP) is 3.34. The standard InChI is InChI=1S/C12H16ClN3S/c1-10(11-7-12(13)17-8-11)15-3-2-5-16-6-4-14-9-16/h4,6-10,15H,2-3,5H2,1H3. The number of imidazole rings is 1. The summed E-state index contributed by atoms with van der Waals surface area (Å²) in [6.45, 7) is 4.16. The van der Waals surface area contributed by atoms with Crippen molar-refractivity contribution in [1.29, 1.82) is 0 Å².